The number of anilines is 1. The predicted octanol–water partition coefficient (Wildman–Crippen LogP) is 2.83. The first-order valence-corrected chi connectivity index (χ1v) is 6.57. The van der Waals surface area contributed by atoms with Crippen LogP contribution in [0, 0.1) is 6.92 Å². The molecule has 1 N–H and O–H groups in total. The maximum Gasteiger partial charge on any atom is 0.295 e. The van der Waals surface area contributed by atoms with Crippen LogP contribution >= 0.6 is 0 Å². The third kappa shape index (κ3) is 2.97. The van der Waals surface area contributed by atoms with Crippen molar-refractivity contribution in [2.75, 3.05) is 5.32 Å². The Kier molecular flexibility index (Phi) is 3.47. The van der Waals surface area contributed by atoms with Gasteiger partial charge in [-0.2, -0.15) is 0 Å². The van der Waals surface area contributed by atoms with Crippen LogP contribution in [0.3, 0.4) is 0 Å². The zero-order valence-corrected chi connectivity index (χ0v) is 11.5. The Bertz CT molecular complexity index is 747. The van der Waals surface area contributed by atoms with Gasteiger partial charge >= 0.3 is 0 Å². The van der Waals surface area contributed by atoms with Crippen LogP contribution in [-0.2, 0) is 0 Å². The molecule has 104 valence electrons. The third-order valence-electron chi connectivity index (χ3n) is 3.03. The van der Waals surface area contributed by atoms with E-state index in [2.05, 4.69) is 15.4 Å². The first kappa shape index (κ1) is 13.1. The number of para-hydroxylation sites is 1. The van der Waals surface area contributed by atoms with Crippen molar-refractivity contribution in [3.8, 4) is 5.69 Å². The van der Waals surface area contributed by atoms with Crippen molar-refractivity contribution in [2.45, 2.75) is 6.92 Å². The van der Waals surface area contributed by atoms with Crippen LogP contribution in [0.2, 0.25) is 0 Å². The average molecular weight is 278 g/mol. The van der Waals surface area contributed by atoms with E-state index < -0.39 is 0 Å². The summed E-state index contributed by atoms with van der Waals surface area (Å²) in [5.74, 6) is -0.188. The van der Waals surface area contributed by atoms with Crippen molar-refractivity contribution in [1.29, 1.82) is 0 Å². The standard InChI is InChI=1S/C16H14N4O/c1-12-7-9-14(10-8-12)20-11-17-15(19-20)16(21)18-13-5-3-2-4-6-13/h2-11H,1H3,(H,18,21). The normalized spacial score (nSPS) is 10.3. The third-order valence-corrected chi connectivity index (χ3v) is 3.03. The van der Waals surface area contributed by atoms with Crippen molar-refractivity contribution in [1.82, 2.24) is 14.8 Å². The fraction of sp³-hybridized carbons (Fsp3) is 0.0625. The Morgan fingerprint density at radius 3 is 2.48 bits per heavy atom. The van der Waals surface area contributed by atoms with Crippen molar-refractivity contribution in [2.24, 2.45) is 0 Å². The molecular formula is C16H14N4O. The zero-order chi connectivity index (χ0) is 14.7. The zero-order valence-electron chi connectivity index (χ0n) is 11.5. The number of hydrogen-bond donors (Lipinski definition) is 1. The Morgan fingerprint density at radius 1 is 1.05 bits per heavy atom. The lowest BCUT2D eigenvalue weighted by molar-refractivity contribution is 0.101. The van der Waals surface area contributed by atoms with Gasteiger partial charge in [0, 0.05) is 5.69 Å². The fourth-order valence-corrected chi connectivity index (χ4v) is 1.90. The predicted molar refractivity (Wildman–Crippen MR) is 80.5 cm³/mol. The minimum absolute atomic E-state index is 0.138. The quantitative estimate of drug-likeness (QED) is 0.801. The van der Waals surface area contributed by atoms with E-state index in [1.54, 1.807) is 4.68 Å². The number of benzene rings is 2. The van der Waals surface area contributed by atoms with E-state index in [9.17, 15) is 4.79 Å². The molecule has 0 radical (unpaired) electrons. The minimum Gasteiger partial charge on any atom is -0.319 e. The van der Waals surface area contributed by atoms with Gasteiger partial charge in [-0.25, -0.2) is 9.67 Å². The molecule has 5 nitrogen and oxygen atoms in total. The van der Waals surface area contributed by atoms with Gasteiger partial charge in [0.25, 0.3) is 5.91 Å². The van der Waals surface area contributed by atoms with Crippen LogP contribution in [0.25, 0.3) is 5.69 Å². The van der Waals surface area contributed by atoms with Crippen molar-refractivity contribution < 1.29 is 4.79 Å². The average Bonchev–Trinajstić information content (AvgIpc) is 2.99. The number of nitrogens with one attached hydrogen (secondary N) is 1. The molecule has 0 spiro atoms. The second kappa shape index (κ2) is 5.58. The molecule has 0 bridgehead atoms. The van der Waals surface area contributed by atoms with Crippen LogP contribution in [0.4, 0.5) is 5.69 Å². The second-order valence-corrected chi connectivity index (χ2v) is 4.67. The summed E-state index contributed by atoms with van der Waals surface area (Å²) in [4.78, 5) is 16.1. The number of hydrogen-bond acceptors (Lipinski definition) is 3. The van der Waals surface area contributed by atoms with E-state index in [1.165, 1.54) is 11.9 Å². The van der Waals surface area contributed by atoms with Crippen LogP contribution in [0.5, 0.6) is 0 Å². The highest BCUT2D eigenvalue weighted by atomic mass is 16.2. The molecule has 0 unspecified atom stereocenters. The van der Waals surface area contributed by atoms with Gasteiger partial charge in [0.15, 0.2) is 0 Å². The van der Waals surface area contributed by atoms with E-state index in [4.69, 9.17) is 0 Å². The molecule has 1 aromatic heterocycles. The van der Waals surface area contributed by atoms with Crippen LogP contribution in [0.15, 0.2) is 60.9 Å². The number of rotatable bonds is 3. The lowest BCUT2D eigenvalue weighted by atomic mass is 10.2. The Morgan fingerprint density at radius 2 is 1.76 bits per heavy atom. The molecule has 1 amide bonds. The fourth-order valence-electron chi connectivity index (χ4n) is 1.90. The summed E-state index contributed by atoms with van der Waals surface area (Å²) >= 11 is 0. The van der Waals surface area contributed by atoms with Gasteiger partial charge in [0.05, 0.1) is 5.69 Å². The summed E-state index contributed by atoms with van der Waals surface area (Å²) in [6.07, 6.45) is 1.53. The molecule has 3 aromatic rings. The number of carbonyl (C=O) groups excluding carboxylic acids is 1. The first-order valence-electron chi connectivity index (χ1n) is 6.57. The second-order valence-electron chi connectivity index (χ2n) is 4.67. The Hall–Kier alpha value is -2.95. The summed E-state index contributed by atoms with van der Waals surface area (Å²) in [6.45, 7) is 2.02. The van der Waals surface area contributed by atoms with E-state index in [0.717, 1.165) is 5.69 Å². The summed E-state index contributed by atoms with van der Waals surface area (Å²) in [5, 5.41) is 6.95. The van der Waals surface area contributed by atoms with Gasteiger partial charge < -0.3 is 5.32 Å². The SMILES string of the molecule is Cc1ccc(-n2cnc(C(=O)Nc3ccccc3)n2)cc1. The molecule has 0 aliphatic rings. The molecule has 1 heterocycles. The lowest BCUT2D eigenvalue weighted by Crippen LogP contribution is -2.14. The first-order chi connectivity index (χ1) is 10.2. The number of aromatic nitrogens is 3. The van der Waals surface area contributed by atoms with Gasteiger partial charge in [-0.3, -0.25) is 4.79 Å². The molecular weight excluding hydrogens is 264 g/mol. The Labute approximate surface area is 122 Å². The van der Waals surface area contributed by atoms with Crippen LogP contribution < -0.4 is 5.32 Å². The molecule has 21 heavy (non-hydrogen) atoms. The smallest absolute Gasteiger partial charge is 0.295 e. The van der Waals surface area contributed by atoms with E-state index in [1.807, 2.05) is 61.5 Å². The highest BCUT2D eigenvalue weighted by molar-refractivity contribution is 6.01. The van der Waals surface area contributed by atoms with Crippen molar-refractivity contribution >= 4 is 11.6 Å². The number of aryl methyl sites for hydroxylation is 1. The molecule has 3 rings (SSSR count). The van der Waals surface area contributed by atoms with Gasteiger partial charge in [-0.1, -0.05) is 35.9 Å². The molecule has 2 aromatic carbocycles. The topological polar surface area (TPSA) is 59.8 Å². The van der Waals surface area contributed by atoms with Gasteiger partial charge in [-0.15, -0.1) is 5.10 Å². The lowest BCUT2D eigenvalue weighted by Gasteiger charge is -2.02. The number of amides is 1. The Balaban J connectivity index is 1.78. The van der Waals surface area contributed by atoms with E-state index in [0.29, 0.717) is 5.69 Å². The van der Waals surface area contributed by atoms with E-state index in [-0.39, 0.29) is 11.7 Å². The van der Waals surface area contributed by atoms with Gasteiger partial charge in [0.2, 0.25) is 5.82 Å². The molecule has 5 heteroatoms. The van der Waals surface area contributed by atoms with Crippen LogP contribution in [0.1, 0.15) is 16.2 Å². The minimum atomic E-state index is -0.327. The summed E-state index contributed by atoms with van der Waals surface area (Å²) in [6, 6.07) is 17.1. The summed E-state index contributed by atoms with van der Waals surface area (Å²) < 4.78 is 1.58. The maximum absolute atomic E-state index is 12.1. The summed E-state index contributed by atoms with van der Waals surface area (Å²) in [5.41, 5.74) is 2.75. The largest absolute Gasteiger partial charge is 0.319 e. The molecule has 0 aliphatic heterocycles. The van der Waals surface area contributed by atoms with Gasteiger partial charge in [-0.05, 0) is 31.2 Å². The van der Waals surface area contributed by atoms with Crippen molar-refractivity contribution in [3.05, 3.63) is 72.3 Å². The maximum atomic E-state index is 12.1. The van der Waals surface area contributed by atoms with E-state index >= 15 is 0 Å². The monoisotopic (exact) mass is 278 g/mol. The molecule has 0 saturated carbocycles. The summed E-state index contributed by atoms with van der Waals surface area (Å²) in [7, 11) is 0. The highest BCUT2D eigenvalue weighted by Crippen LogP contribution is 2.09. The van der Waals surface area contributed by atoms with Crippen molar-refractivity contribution in [3.63, 3.8) is 0 Å². The van der Waals surface area contributed by atoms with Gasteiger partial charge in [0.1, 0.15) is 6.33 Å². The number of carbonyl (C=O) groups is 1. The molecule has 0 aliphatic carbocycles. The number of nitrogens with zero attached hydrogens (tertiary/aromatic N) is 3. The highest BCUT2D eigenvalue weighted by Gasteiger charge is 2.12. The molecule has 0 atom stereocenters. The molecule has 0 fully saturated rings. The van der Waals surface area contributed by atoms with Crippen LogP contribution in [-0.4, -0.2) is 20.7 Å². The molecule has 0 saturated heterocycles.